The van der Waals surface area contributed by atoms with Gasteiger partial charge in [-0.1, -0.05) is 53.7 Å². The van der Waals surface area contributed by atoms with Crippen molar-refractivity contribution < 1.29 is 9.21 Å². The molecule has 3 aromatic carbocycles. The third kappa shape index (κ3) is 4.90. The lowest BCUT2D eigenvalue weighted by Crippen LogP contribution is -2.17. The lowest BCUT2D eigenvalue weighted by molar-refractivity contribution is 0.0955. The summed E-state index contributed by atoms with van der Waals surface area (Å²) in [7, 11) is 0. The van der Waals surface area contributed by atoms with Gasteiger partial charge >= 0.3 is 0 Å². The molecule has 4 aromatic rings. The third-order valence-electron chi connectivity index (χ3n) is 4.07. The number of carbonyl (C=O) groups is 1. The summed E-state index contributed by atoms with van der Waals surface area (Å²) in [6, 6.07) is 22.7. The van der Waals surface area contributed by atoms with Crippen molar-refractivity contribution >= 4 is 62.2 Å². The summed E-state index contributed by atoms with van der Waals surface area (Å²) in [5.74, 6) is 0.237. The van der Waals surface area contributed by atoms with E-state index >= 15 is 0 Å². The first-order chi connectivity index (χ1) is 14.1. The van der Waals surface area contributed by atoms with Gasteiger partial charge in [-0.2, -0.15) is 5.10 Å². The van der Waals surface area contributed by atoms with Crippen LogP contribution in [0.3, 0.4) is 0 Å². The molecule has 7 heteroatoms. The number of amides is 1. The van der Waals surface area contributed by atoms with Crippen LogP contribution in [0.25, 0.3) is 10.8 Å². The Hall–Kier alpha value is -2.54. The largest absolute Gasteiger partial charge is 0.447 e. The molecule has 0 atom stereocenters. The topological polar surface area (TPSA) is 54.6 Å². The van der Waals surface area contributed by atoms with Gasteiger partial charge in [-0.3, -0.25) is 4.79 Å². The molecule has 1 heterocycles. The van der Waals surface area contributed by atoms with E-state index in [-0.39, 0.29) is 5.91 Å². The number of furan rings is 1. The van der Waals surface area contributed by atoms with Crippen LogP contribution in [0.15, 0.2) is 96.8 Å². The minimum Gasteiger partial charge on any atom is -0.447 e. The minimum absolute atomic E-state index is 0.284. The van der Waals surface area contributed by atoms with Gasteiger partial charge in [0.1, 0.15) is 5.76 Å². The molecule has 4 nitrogen and oxygen atoms in total. The average molecular weight is 486 g/mol. The van der Waals surface area contributed by atoms with E-state index in [1.165, 1.54) is 18.0 Å². The van der Waals surface area contributed by atoms with Gasteiger partial charge in [0.2, 0.25) is 0 Å². The zero-order valence-corrected chi connectivity index (χ0v) is 18.1. The molecule has 0 aliphatic rings. The second kappa shape index (κ2) is 8.86. The molecular weight excluding hydrogens is 472 g/mol. The molecule has 0 radical (unpaired) electrons. The normalized spacial score (nSPS) is 11.2. The Balaban J connectivity index is 1.42. The number of fused-ring (bicyclic) bond motifs is 1. The van der Waals surface area contributed by atoms with Gasteiger partial charge in [0.05, 0.1) is 10.7 Å². The molecule has 1 aromatic heterocycles. The summed E-state index contributed by atoms with van der Waals surface area (Å²) in [6.07, 6.45) is 1.47. The summed E-state index contributed by atoms with van der Waals surface area (Å²) in [5.41, 5.74) is 3.07. The predicted octanol–water partition coefficient (Wildman–Crippen LogP) is 6.76. The fraction of sp³-hybridized carbons (Fsp3) is 0. The Kier molecular flexibility index (Phi) is 6.04. The number of benzene rings is 3. The maximum absolute atomic E-state index is 12.3. The highest BCUT2D eigenvalue weighted by Crippen LogP contribution is 2.35. The van der Waals surface area contributed by atoms with Gasteiger partial charge < -0.3 is 4.42 Å². The number of rotatable bonds is 5. The van der Waals surface area contributed by atoms with Crippen LogP contribution in [0.4, 0.5) is 0 Å². The van der Waals surface area contributed by atoms with Gasteiger partial charge in [-0.15, -0.1) is 0 Å². The quantitative estimate of drug-likeness (QED) is 0.251. The van der Waals surface area contributed by atoms with Crippen molar-refractivity contribution in [2.75, 3.05) is 0 Å². The maximum Gasteiger partial charge on any atom is 0.271 e. The monoisotopic (exact) mass is 484 g/mol. The van der Waals surface area contributed by atoms with Gasteiger partial charge in [0.15, 0.2) is 5.09 Å². The fourth-order valence-corrected chi connectivity index (χ4v) is 4.12. The van der Waals surface area contributed by atoms with Crippen LogP contribution in [-0.4, -0.2) is 12.1 Å². The van der Waals surface area contributed by atoms with Crippen LogP contribution in [-0.2, 0) is 0 Å². The molecule has 0 saturated heterocycles. The third-order valence-corrected chi connectivity index (χ3v) is 6.17. The van der Waals surface area contributed by atoms with E-state index in [0.29, 0.717) is 21.4 Å². The van der Waals surface area contributed by atoms with Gasteiger partial charge in [-0.05, 0) is 63.1 Å². The molecule has 29 heavy (non-hydrogen) atoms. The van der Waals surface area contributed by atoms with E-state index in [2.05, 4.69) is 26.5 Å². The van der Waals surface area contributed by atoms with E-state index < -0.39 is 0 Å². The fourth-order valence-electron chi connectivity index (χ4n) is 2.66. The van der Waals surface area contributed by atoms with Crippen LogP contribution in [0, 0.1) is 0 Å². The Bertz CT molecular complexity index is 1210. The van der Waals surface area contributed by atoms with E-state index in [0.717, 1.165) is 20.1 Å². The van der Waals surface area contributed by atoms with Crippen molar-refractivity contribution in [1.29, 1.82) is 0 Å². The van der Waals surface area contributed by atoms with Crippen LogP contribution >= 0.6 is 39.3 Å². The molecule has 4 rings (SSSR count). The number of hydrogen-bond acceptors (Lipinski definition) is 4. The van der Waals surface area contributed by atoms with Gasteiger partial charge in [0, 0.05) is 21.5 Å². The minimum atomic E-state index is -0.284. The van der Waals surface area contributed by atoms with Crippen LogP contribution in [0.5, 0.6) is 0 Å². The Morgan fingerprint density at radius 2 is 1.79 bits per heavy atom. The molecule has 0 aliphatic carbocycles. The van der Waals surface area contributed by atoms with Crippen molar-refractivity contribution in [2.45, 2.75) is 9.99 Å². The van der Waals surface area contributed by atoms with Crippen LogP contribution < -0.4 is 5.43 Å². The van der Waals surface area contributed by atoms with Crippen LogP contribution in [0.2, 0.25) is 5.02 Å². The second-order valence-corrected chi connectivity index (χ2v) is 8.44. The molecule has 0 bridgehead atoms. The Morgan fingerprint density at radius 1 is 1.03 bits per heavy atom. The smallest absolute Gasteiger partial charge is 0.271 e. The summed E-state index contributed by atoms with van der Waals surface area (Å²) < 4.78 is 6.58. The molecule has 0 spiro atoms. The Labute approximate surface area is 185 Å². The van der Waals surface area contributed by atoms with Crippen molar-refractivity contribution in [2.24, 2.45) is 5.10 Å². The summed E-state index contributed by atoms with van der Waals surface area (Å²) in [6.45, 7) is 0. The maximum atomic E-state index is 12.3. The van der Waals surface area contributed by atoms with Crippen molar-refractivity contribution in [3.8, 4) is 0 Å². The van der Waals surface area contributed by atoms with E-state index in [1.807, 2.05) is 60.7 Å². The lowest BCUT2D eigenvalue weighted by Gasteiger charge is -2.02. The zero-order valence-electron chi connectivity index (χ0n) is 14.9. The Morgan fingerprint density at radius 3 is 2.59 bits per heavy atom. The van der Waals surface area contributed by atoms with Gasteiger partial charge in [-0.25, -0.2) is 5.43 Å². The molecule has 0 unspecified atom stereocenters. The molecule has 1 N–H and O–H groups in total. The molecule has 0 aliphatic heterocycles. The number of nitrogens with one attached hydrogen (secondary N) is 1. The summed E-state index contributed by atoms with van der Waals surface area (Å²) in [4.78, 5) is 13.3. The zero-order chi connectivity index (χ0) is 20.2. The summed E-state index contributed by atoms with van der Waals surface area (Å²) >= 11 is 10.9. The number of nitrogens with zero attached hydrogens (tertiary/aromatic N) is 1. The van der Waals surface area contributed by atoms with E-state index in [9.17, 15) is 4.79 Å². The second-order valence-electron chi connectivity index (χ2n) is 6.10. The number of hydrogen-bond donors (Lipinski definition) is 1. The highest BCUT2D eigenvalue weighted by molar-refractivity contribution is 9.10. The molecule has 0 saturated carbocycles. The first-order valence-electron chi connectivity index (χ1n) is 8.63. The first-order valence-corrected chi connectivity index (χ1v) is 10.6. The van der Waals surface area contributed by atoms with Crippen molar-refractivity contribution in [1.82, 2.24) is 5.43 Å². The highest BCUT2D eigenvalue weighted by Gasteiger charge is 2.10. The predicted molar refractivity (Wildman–Crippen MR) is 121 cm³/mol. The summed E-state index contributed by atoms with van der Waals surface area (Å²) in [5, 5.41) is 7.46. The van der Waals surface area contributed by atoms with Crippen molar-refractivity contribution in [3.05, 3.63) is 93.6 Å². The van der Waals surface area contributed by atoms with Gasteiger partial charge in [0.25, 0.3) is 5.91 Å². The number of hydrazone groups is 1. The van der Waals surface area contributed by atoms with Crippen molar-refractivity contribution in [3.63, 3.8) is 0 Å². The number of carbonyl (C=O) groups excluding carboxylic acids is 1. The van der Waals surface area contributed by atoms with E-state index in [4.69, 9.17) is 16.0 Å². The number of halogens is 2. The van der Waals surface area contributed by atoms with Crippen LogP contribution in [0.1, 0.15) is 16.1 Å². The molecule has 1 amide bonds. The molecule has 144 valence electrons. The standard InChI is InChI=1S/C22H14BrClN2O2S/c23-20-12-18(28-22(20)29-19-9-7-17(24)8-10-19)13-25-26-21(27)16-6-5-14-3-1-2-4-15(14)11-16/h1-13H,(H,26,27)/b25-13-. The molecule has 0 fully saturated rings. The first kappa shape index (κ1) is 19.8. The average Bonchev–Trinajstić information content (AvgIpc) is 3.08. The highest BCUT2D eigenvalue weighted by atomic mass is 79.9. The molecular formula is C22H14BrClN2O2S. The van der Waals surface area contributed by atoms with E-state index in [1.54, 1.807) is 12.1 Å². The SMILES string of the molecule is O=C(N/N=C\c1cc(Br)c(Sc2ccc(Cl)cc2)o1)c1ccc2ccccc2c1. The lowest BCUT2D eigenvalue weighted by atomic mass is 10.1.